The predicted octanol–water partition coefficient (Wildman–Crippen LogP) is -0.857. The maximum absolute atomic E-state index is 9.82. The summed E-state index contributed by atoms with van der Waals surface area (Å²) >= 11 is 4.70. The number of hydrogen-bond acceptors (Lipinski definition) is 3. The van der Waals surface area contributed by atoms with E-state index in [0.717, 1.165) is 0 Å². The molecular weight excluding hydrogens is 194 g/mol. The smallest absolute Gasteiger partial charge is 0.272 e. The van der Waals surface area contributed by atoms with Crippen LogP contribution < -0.4 is 16.4 Å². The fraction of sp³-hybridized carbons (Fsp3) is 0.200. The minimum Gasteiger partial charge on any atom is -0.364 e. The third kappa shape index (κ3) is 6.69. The van der Waals surface area contributed by atoms with Crippen LogP contribution in [0.4, 0.5) is 0 Å². The highest BCUT2D eigenvalue weighted by molar-refractivity contribution is 7.80. The summed E-state index contributed by atoms with van der Waals surface area (Å²) in [6, 6.07) is 0. The first-order valence-corrected chi connectivity index (χ1v) is 3.61. The van der Waals surface area contributed by atoms with Crippen molar-refractivity contribution in [3.05, 3.63) is 22.8 Å². The molecule has 0 atom stereocenters. The molecule has 0 saturated carbocycles. The molecule has 0 aliphatic carbocycles. The molecule has 0 aromatic rings. The molecule has 0 radical (unpaired) electrons. The second-order valence-corrected chi connectivity index (χ2v) is 2.26. The van der Waals surface area contributed by atoms with Gasteiger partial charge in [0.25, 0.3) is 5.96 Å². The van der Waals surface area contributed by atoms with Gasteiger partial charge < -0.3 is 11.1 Å². The first-order chi connectivity index (χ1) is 6.06. The van der Waals surface area contributed by atoms with Crippen molar-refractivity contribution in [3.63, 3.8) is 0 Å². The number of hydrazone groups is 1. The maximum Gasteiger partial charge on any atom is 0.272 e. The van der Waals surface area contributed by atoms with E-state index in [2.05, 4.69) is 22.3 Å². The average Bonchev–Trinajstić information content (AvgIpc) is 1.98. The van der Waals surface area contributed by atoms with E-state index in [-0.39, 0.29) is 11.1 Å². The van der Waals surface area contributed by atoms with Crippen molar-refractivity contribution in [1.82, 2.24) is 10.6 Å². The van der Waals surface area contributed by atoms with Crippen molar-refractivity contribution in [2.45, 2.75) is 0 Å². The molecule has 0 saturated heterocycles. The van der Waals surface area contributed by atoms with Crippen molar-refractivity contribution < 1.29 is 5.03 Å². The van der Waals surface area contributed by atoms with E-state index in [1.807, 2.05) is 0 Å². The zero-order chi connectivity index (χ0) is 10.3. The molecule has 0 heterocycles. The van der Waals surface area contributed by atoms with Gasteiger partial charge >= 0.3 is 0 Å². The number of nitrogens with one attached hydrogen (secondary N) is 2. The monoisotopic (exact) mass is 203 g/mol. The van der Waals surface area contributed by atoms with E-state index in [1.165, 1.54) is 0 Å². The van der Waals surface area contributed by atoms with Crippen LogP contribution in [0.3, 0.4) is 0 Å². The average molecular weight is 203 g/mol. The Kier molecular flexibility index (Phi) is 5.12. The fourth-order valence-corrected chi connectivity index (χ4v) is 0.626. The first kappa shape index (κ1) is 11.3. The lowest BCUT2D eigenvalue weighted by Crippen LogP contribution is -2.43. The van der Waals surface area contributed by atoms with Crippen LogP contribution >= 0.6 is 12.2 Å². The minimum atomic E-state index is -0.918. The zero-order valence-electron chi connectivity index (χ0n) is 6.69. The standard InChI is InChI=1S/C5H9N5O2S/c1-2-3-7-5(13)8-4(6)9-10(11)12/h2H,1,3H2,(H4,6,7,8,9,13). The van der Waals surface area contributed by atoms with Gasteiger partial charge in [0, 0.05) is 6.54 Å². The van der Waals surface area contributed by atoms with E-state index in [9.17, 15) is 10.1 Å². The highest BCUT2D eigenvalue weighted by Crippen LogP contribution is 1.71. The third-order valence-corrected chi connectivity index (χ3v) is 1.08. The Hall–Kier alpha value is -1.70. The Morgan fingerprint density at radius 3 is 2.92 bits per heavy atom. The molecule has 0 aromatic carbocycles. The molecule has 8 heteroatoms. The van der Waals surface area contributed by atoms with Gasteiger partial charge in [-0.3, -0.25) is 5.32 Å². The summed E-state index contributed by atoms with van der Waals surface area (Å²) in [4.78, 5) is 9.82. The summed E-state index contributed by atoms with van der Waals surface area (Å²) in [5.74, 6) is -0.369. The molecule has 0 aromatic heterocycles. The quantitative estimate of drug-likeness (QED) is 0.138. The van der Waals surface area contributed by atoms with Crippen LogP contribution in [0.2, 0.25) is 0 Å². The Bertz CT molecular complexity index is 251. The molecule has 0 fully saturated rings. The summed E-state index contributed by atoms with van der Waals surface area (Å²) < 4.78 is 0. The molecule has 0 aliphatic heterocycles. The molecule has 0 spiro atoms. The molecule has 0 bridgehead atoms. The van der Waals surface area contributed by atoms with Gasteiger partial charge in [-0.05, 0) is 12.2 Å². The summed E-state index contributed by atoms with van der Waals surface area (Å²) in [5.41, 5.74) is 5.09. The molecule has 0 aliphatic rings. The molecule has 13 heavy (non-hydrogen) atoms. The SMILES string of the molecule is C=CCNC(=S)N/C(N)=N\[N+](=O)[O-]. The lowest BCUT2D eigenvalue weighted by Gasteiger charge is -2.04. The number of hydrogen-bond donors (Lipinski definition) is 3. The van der Waals surface area contributed by atoms with Crippen molar-refractivity contribution in [1.29, 1.82) is 0 Å². The Morgan fingerprint density at radius 2 is 2.46 bits per heavy atom. The second kappa shape index (κ2) is 5.89. The van der Waals surface area contributed by atoms with Gasteiger partial charge in [-0.25, -0.2) is 10.1 Å². The summed E-state index contributed by atoms with van der Waals surface area (Å²) in [6.45, 7) is 3.88. The molecule has 0 rings (SSSR count). The van der Waals surface area contributed by atoms with Crippen molar-refractivity contribution in [3.8, 4) is 0 Å². The van der Waals surface area contributed by atoms with Crippen LogP contribution in [0.1, 0.15) is 0 Å². The van der Waals surface area contributed by atoms with Gasteiger partial charge in [-0.15, -0.1) is 6.58 Å². The van der Waals surface area contributed by atoms with Gasteiger partial charge in [-0.2, -0.15) is 0 Å². The van der Waals surface area contributed by atoms with Crippen molar-refractivity contribution in [2.75, 3.05) is 6.54 Å². The van der Waals surface area contributed by atoms with Crippen LogP contribution in [-0.2, 0) is 0 Å². The van der Waals surface area contributed by atoms with Gasteiger partial charge in [0.05, 0.1) is 0 Å². The van der Waals surface area contributed by atoms with Crippen LogP contribution in [0.5, 0.6) is 0 Å². The summed E-state index contributed by atoms with van der Waals surface area (Å²) in [6.07, 6.45) is 1.58. The van der Waals surface area contributed by atoms with Gasteiger partial charge in [0.1, 0.15) is 5.10 Å². The van der Waals surface area contributed by atoms with Crippen LogP contribution in [-0.4, -0.2) is 22.6 Å². The third-order valence-electron chi connectivity index (χ3n) is 0.838. The van der Waals surface area contributed by atoms with E-state index >= 15 is 0 Å². The Morgan fingerprint density at radius 1 is 1.85 bits per heavy atom. The maximum atomic E-state index is 9.82. The number of thiocarbonyl (C=S) groups is 1. The van der Waals surface area contributed by atoms with Crippen LogP contribution in [0, 0.1) is 10.1 Å². The number of nitro groups is 1. The van der Waals surface area contributed by atoms with Crippen molar-refractivity contribution in [2.24, 2.45) is 10.8 Å². The topological polar surface area (TPSA) is 106 Å². The lowest BCUT2D eigenvalue weighted by atomic mass is 10.6. The van der Waals surface area contributed by atoms with Crippen LogP contribution in [0.25, 0.3) is 0 Å². The van der Waals surface area contributed by atoms with Gasteiger partial charge in [-0.1, -0.05) is 6.08 Å². The minimum absolute atomic E-state index is 0.156. The largest absolute Gasteiger partial charge is 0.364 e. The molecule has 7 nitrogen and oxygen atoms in total. The van der Waals surface area contributed by atoms with E-state index in [0.29, 0.717) is 6.54 Å². The lowest BCUT2D eigenvalue weighted by molar-refractivity contribution is -0.485. The number of nitrogens with zero attached hydrogens (tertiary/aromatic N) is 2. The Labute approximate surface area is 79.8 Å². The van der Waals surface area contributed by atoms with Gasteiger partial charge in [0.2, 0.25) is 0 Å². The van der Waals surface area contributed by atoms with Gasteiger partial charge in [0.15, 0.2) is 10.1 Å². The zero-order valence-corrected chi connectivity index (χ0v) is 7.50. The van der Waals surface area contributed by atoms with Crippen molar-refractivity contribution >= 4 is 23.3 Å². The van der Waals surface area contributed by atoms with Crippen LogP contribution in [0.15, 0.2) is 17.8 Å². The second-order valence-electron chi connectivity index (χ2n) is 1.85. The predicted molar refractivity (Wildman–Crippen MR) is 52.6 cm³/mol. The van der Waals surface area contributed by atoms with E-state index in [1.54, 1.807) is 6.08 Å². The van der Waals surface area contributed by atoms with E-state index in [4.69, 9.17) is 18.0 Å². The number of nitrogens with two attached hydrogens (primary N) is 1. The molecular formula is C5H9N5O2S. The molecule has 4 N–H and O–H groups in total. The molecule has 72 valence electrons. The normalized spacial score (nSPS) is 10.3. The number of guanidine groups is 1. The molecule has 0 amide bonds. The fourth-order valence-electron chi connectivity index (χ4n) is 0.438. The number of rotatable bonds is 3. The summed E-state index contributed by atoms with van der Waals surface area (Å²) in [5, 5.41) is 16.8. The summed E-state index contributed by atoms with van der Waals surface area (Å²) in [7, 11) is 0. The highest BCUT2D eigenvalue weighted by atomic mass is 32.1. The van der Waals surface area contributed by atoms with E-state index < -0.39 is 5.03 Å². The molecule has 0 unspecified atom stereocenters. The first-order valence-electron chi connectivity index (χ1n) is 3.20. The Balaban J connectivity index is 3.91. The highest BCUT2D eigenvalue weighted by Gasteiger charge is 2.00.